The van der Waals surface area contributed by atoms with E-state index in [1.165, 1.54) is 13.8 Å². The van der Waals surface area contributed by atoms with Crippen molar-refractivity contribution >= 4 is 0 Å². The Morgan fingerprint density at radius 3 is 2.75 bits per heavy atom. The smallest absolute Gasteiger partial charge is 0.342 e. The molecule has 2 rings (SSSR count). The van der Waals surface area contributed by atoms with Gasteiger partial charge in [0, 0.05) is 0 Å². The van der Waals surface area contributed by atoms with Crippen LogP contribution in [0.2, 0.25) is 0 Å². The summed E-state index contributed by atoms with van der Waals surface area (Å²) in [6.07, 6.45) is -0.495. The molecule has 1 aromatic heterocycles. The molecular weight excluding hydrogens is 212 g/mol. The Morgan fingerprint density at radius 2 is 2.12 bits per heavy atom. The van der Waals surface area contributed by atoms with Crippen LogP contribution < -0.4 is 5.63 Å². The van der Waals surface area contributed by atoms with E-state index in [2.05, 4.69) is 0 Å². The molecule has 0 bridgehead atoms. The number of fused-ring (bicyclic) bond motifs is 1. The van der Waals surface area contributed by atoms with Gasteiger partial charge in [-0.05, 0) is 20.8 Å². The molecule has 0 saturated heterocycles. The summed E-state index contributed by atoms with van der Waals surface area (Å²) in [5.74, 6) is -0.0576. The lowest BCUT2D eigenvalue weighted by Crippen LogP contribution is -2.41. The van der Waals surface area contributed by atoms with Crippen LogP contribution in [0.15, 0.2) is 9.21 Å². The van der Waals surface area contributed by atoms with E-state index in [1.807, 2.05) is 0 Å². The normalized spacial score (nSPS) is 28.9. The fraction of sp³-hybridized carbons (Fsp3) is 0.545. The van der Waals surface area contributed by atoms with E-state index in [1.54, 1.807) is 6.92 Å². The fourth-order valence-corrected chi connectivity index (χ4v) is 1.76. The molecule has 0 fully saturated rings. The van der Waals surface area contributed by atoms with Gasteiger partial charge in [-0.25, -0.2) is 4.79 Å². The quantitative estimate of drug-likeness (QED) is 0.683. The van der Waals surface area contributed by atoms with Crippen LogP contribution in [0.1, 0.15) is 30.7 Å². The average molecular weight is 226 g/mol. The largest absolute Gasteiger partial charge is 0.507 e. The molecule has 2 N–H and O–H groups in total. The average Bonchev–Trinajstić information content (AvgIpc) is 2.22. The maximum absolute atomic E-state index is 11.4. The van der Waals surface area contributed by atoms with Gasteiger partial charge in [0.15, 0.2) is 5.76 Å². The Bertz CT molecular complexity index is 486. The van der Waals surface area contributed by atoms with Crippen LogP contribution in [0, 0.1) is 6.92 Å². The van der Waals surface area contributed by atoms with Crippen LogP contribution >= 0.6 is 0 Å². The summed E-state index contributed by atoms with van der Waals surface area (Å²) in [5.41, 5.74) is -1.56. The van der Waals surface area contributed by atoms with Crippen molar-refractivity contribution in [2.45, 2.75) is 39.1 Å². The van der Waals surface area contributed by atoms with E-state index < -0.39 is 17.3 Å². The number of aromatic hydroxyl groups is 1. The molecule has 0 unspecified atom stereocenters. The maximum atomic E-state index is 11.4. The van der Waals surface area contributed by atoms with E-state index >= 15 is 0 Å². The van der Waals surface area contributed by atoms with Gasteiger partial charge in [0.2, 0.25) is 0 Å². The van der Waals surface area contributed by atoms with Crippen LogP contribution in [-0.4, -0.2) is 16.3 Å². The minimum Gasteiger partial charge on any atom is -0.507 e. The molecule has 0 radical (unpaired) electrons. The van der Waals surface area contributed by atoms with Gasteiger partial charge in [0.25, 0.3) is 0 Å². The number of rotatable bonds is 0. The number of hydrogen-bond donors (Lipinski definition) is 2. The summed E-state index contributed by atoms with van der Waals surface area (Å²) < 4.78 is 10.4. The van der Waals surface area contributed by atoms with Gasteiger partial charge in [-0.3, -0.25) is 0 Å². The molecule has 0 spiro atoms. The Kier molecular flexibility index (Phi) is 2.32. The molecule has 0 amide bonds. The molecule has 1 aromatic rings. The zero-order chi connectivity index (χ0) is 12.1. The second-order valence-corrected chi connectivity index (χ2v) is 4.27. The topological polar surface area (TPSA) is 79.9 Å². The zero-order valence-electron chi connectivity index (χ0n) is 9.40. The van der Waals surface area contributed by atoms with Gasteiger partial charge in [-0.15, -0.1) is 0 Å². The Morgan fingerprint density at radius 1 is 1.50 bits per heavy atom. The lowest BCUT2D eigenvalue weighted by atomic mass is 9.90. The van der Waals surface area contributed by atoms with Gasteiger partial charge in [0.1, 0.15) is 11.4 Å². The summed E-state index contributed by atoms with van der Waals surface area (Å²) in [5, 5.41) is 20.0. The van der Waals surface area contributed by atoms with Crippen molar-refractivity contribution in [1.29, 1.82) is 0 Å². The Balaban J connectivity index is 2.74. The van der Waals surface area contributed by atoms with Gasteiger partial charge in [-0.2, -0.15) is 0 Å². The lowest BCUT2D eigenvalue weighted by Gasteiger charge is -2.35. The first kappa shape index (κ1) is 11.2. The number of ether oxygens (including phenoxy) is 1. The Hall–Kier alpha value is -1.33. The van der Waals surface area contributed by atoms with Crippen LogP contribution in [0.25, 0.3) is 0 Å². The highest BCUT2D eigenvalue weighted by atomic mass is 16.5. The first-order valence-electron chi connectivity index (χ1n) is 5.05. The minimum absolute atomic E-state index is 0.0966. The maximum Gasteiger partial charge on any atom is 0.342 e. The molecule has 2 atom stereocenters. The highest BCUT2D eigenvalue weighted by Gasteiger charge is 2.41. The van der Waals surface area contributed by atoms with Gasteiger partial charge >= 0.3 is 5.63 Å². The third kappa shape index (κ3) is 1.36. The summed E-state index contributed by atoms with van der Waals surface area (Å²) >= 11 is 0. The van der Waals surface area contributed by atoms with Crippen molar-refractivity contribution in [2.24, 2.45) is 0 Å². The third-order valence-corrected chi connectivity index (χ3v) is 3.15. The summed E-state index contributed by atoms with van der Waals surface area (Å²) in [6, 6.07) is 0. The highest BCUT2D eigenvalue weighted by Crippen LogP contribution is 2.38. The van der Waals surface area contributed by atoms with E-state index in [-0.39, 0.29) is 23.7 Å². The van der Waals surface area contributed by atoms with Gasteiger partial charge in [-0.1, -0.05) is 0 Å². The van der Waals surface area contributed by atoms with Crippen LogP contribution in [0.3, 0.4) is 0 Å². The van der Waals surface area contributed by atoms with Gasteiger partial charge in [0.05, 0.1) is 23.8 Å². The van der Waals surface area contributed by atoms with E-state index in [0.717, 1.165) is 0 Å². The predicted molar refractivity (Wildman–Crippen MR) is 55.2 cm³/mol. The molecule has 0 aromatic carbocycles. The second kappa shape index (κ2) is 3.33. The van der Waals surface area contributed by atoms with Crippen LogP contribution in [0.4, 0.5) is 0 Å². The molecule has 1 aliphatic heterocycles. The molecule has 5 nitrogen and oxygen atoms in total. The van der Waals surface area contributed by atoms with Crippen molar-refractivity contribution in [3.63, 3.8) is 0 Å². The van der Waals surface area contributed by atoms with Crippen molar-refractivity contribution in [2.75, 3.05) is 0 Å². The highest BCUT2D eigenvalue weighted by molar-refractivity contribution is 5.41. The van der Waals surface area contributed by atoms with Crippen molar-refractivity contribution in [1.82, 2.24) is 0 Å². The first-order chi connectivity index (χ1) is 7.35. The van der Waals surface area contributed by atoms with E-state index in [9.17, 15) is 15.0 Å². The standard InChI is InChI=1S/C11H14O5/c1-5-8(12)7-4-15-6(2)11(3,14)9(7)16-10(5)13/h6,12,14H,4H2,1-3H3/t6-,11-/m0/s1. The number of hydrogen-bond acceptors (Lipinski definition) is 5. The van der Waals surface area contributed by atoms with Crippen LogP contribution in [0.5, 0.6) is 5.75 Å². The Labute approximate surface area is 92.3 Å². The summed E-state index contributed by atoms with van der Waals surface area (Å²) in [6.45, 7) is 4.77. The van der Waals surface area contributed by atoms with Crippen molar-refractivity contribution in [3.8, 4) is 5.75 Å². The minimum atomic E-state index is -1.40. The van der Waals surface area contributed by atoms with E-state index in [4.69, 9.17) is 9.15 Å². The second-order valence-electron chi connectivity index (χ2n) is 4.27. The molecular formula is C11H14O5. The monoisotopic (exact) mass is 226 g/mol. The predicted octanol–water partition coefficient (Wildman–Crippen LogP) is 0.780. The third-order valence-electron chi connectivity index (χ3n) is 3.15. The summed E-state index contributed by atoms with van der Waals surface area (Å²) in [4.78, 5) is 11.4. The molecule has 2 heterocycles. The van der Waals surface area contributed by atoms with Gasteiger partial charge < -0.3 is 19.4 Å². The molecule has 0 saturated carbocycles. The molecule has 0 aliphatic carbocycles. The zero-order valence-corrected chi connectivity index (χ0v) is 9.40. The lowest BCUT2D eigenvalue weighted by molar-refractivity contribution is -0.131. The van der Waals surface area contributed by atoms with Crippen molar-refractivity contribution in [3.05, 3.63) is 27.3 Å². The SMILES string of the molecule is Cc1c(O)c2c(oc1=O)[C@@](C)(O)[C@H](C)OC2. The first-order valence-corrected chi connectivity index (χ1v) is 5.05. The van der Waals surface area contributed by atoms with Crippen LogP contribution in [-0.2, 0) is 16.9 Å². The van der Waals surface area contributed by atoms with E-state index in [0.29, 0.717) is 5.56 Å². The summed E-state index contributed by atoms with van der Waals surface area (Å²) in [7, 11) is 0. The molecule has 1 aliphatic rings. The molecule has 88 valence electrons. The molecule has 16 heavy (non-hydrogen) atoms. The number of aliphatic hydroxyl groups is 1. The fourth-order valence-electron chi connectivity index (χ4n) is 1.76. The molecule has 5 heteroatoms. The van der Waals surface area contributed by atoms with Crippen molar-refractivity contribution < 1.29 is 19.4 Å².